The van der Waals surface area contributed by atoms with E-state index in [0.29, 0.717) is 11.3 Å². The maximum absolute atomic E-state index is 12.1. The van der Waals surface area contributed by atoms with Gasteiger partial charge in [0.2, 0.25) is 0 Å². The first-order chi connectivity index (χ1) is 9.24. The van der Waals surface area contributed by atoms with Gasteiger partial charge in [0, 0.05) is 28.9 Å². The summed E-state index contributed by atoms with van der Waals surface area (Å²) in [4.78, 5) is 19.1. The number of nitrogens with zero attached hydrogens (tertiary/aromatic N) is 1. The summed E-state index contributed by atoms with van der Waals surface area (Å²) < 4.78 is 0. The summed E-state index contributed by atoms with van der Waals surface area (Å²) in [6.07, 6.45) is 3.41. The normalized spacial score (nSPS) is 10.6. The third kappa shape index (κ3) is 2.30. The Morgan fingerprint density at radius 3 is 3.00 bits per heavy atom. The van der Waals surface area contributed by atoms with Crippen LogP contribution in [-0.2, 0) is 0 Å². The SMILES string of the molecule is O=C(Nc1cccnc1Cl)c1ccc2[nH]ccc2c1. The molecular formula is C14H10ClN3O. The van der Waals surface area contributed by atoms with Crippen molar-refractivity contribution >= 4 is 34.1 Å². The second-order valence-corrected chi connectivity index (χ2v) is 4.43. The standard InChI is InChI=1S/C14H10ClN3O/c15-13-12(2-1-6-17-13)18-14(19)10-3-4-11-9(8-10)5-7-16-11/h1-8,16H,(H,18,19). The molecule has 2 heterocycles. The Morgan fingerprint density at radius 1 is 1.26 bits per heavy atom. The number of pyridine rings is 1. The Labute approximate surface area is 114 Å². The Bertz CT molecular complexity index is 751. The van der Waals surface area contributed by atoms with Gasteiger partial charge >= 0.3 is 0 Å². The molecule has 5 heteroatoms. The van der Waals surface area contributed by atoms with Crippen LogP contribution in [0.2, 0.25) is 5.15 Å². The molecule has 2 aromatic heterocycles. The molecule has 2 N–H and O–H groups in total. The zero-order valence-corrected chi connectivity index (χ0v) is 10.6. The predicted octanol–water partition coefficient (Wildman–Crippen LogP) is 3.47. The molecule has 0 bridgehead atoms. The average Bonchev–Trinajstić information content (AvgIpc) is 2.88. The van der Waals surface area contributed by atoms with Crippen LogP contribution in [0.3, 0.4) is 0 Å². The van der Waals surface area contributed by atoms with Crippen molar-refractivity contribution in [1.82, 2.24) is 9.97 Å². The van der Waals surface area contributed by atoms with E-state index in [4.69, 9.17) is 11.6 Å². The molecule has 0 aliphatic heterocycles. The zero-order chi connectivity index (χ0) is 13.2. The highest BCUT2D eigenvalue weighted by molar-refractivity contribution is 6.32. The fraction of sp³-hybridized carbons (Fsp3) is 0. The molecule has 3 rings (SSSR count). The van der Waals surface area contributed by atoms with E-state index in [1.165, 1.54) is 0 Å². The molecule has 4 nitrogen and oxygen atoms in total. The maximum Gasteiger partial charge on any atom is 0.255 e. The first-order valence-electron chi connectivity index (χ1n) is 5.73. The fourth-order valence-corrected chi connectivity index (χ4v) is 2.03. The number of fused-ring (bicyclic) bond motifs is 1. The van der Waals surface area contributed by atoms with E-state index in [-0.39, 0.29) is 11.1 Å². The largest absolute Gasteiger partial charge is 0.361 e. The third-order valence-corrected chi connectivity index (χ3v) is 3.12. The fourth-order valence-electron chi connectivity index (χ4n) is 1.87. The average molecular weight is 272 g/mol. The quantitative estimate of drug-likeness (QED) is 0.701. The second-order valence-electron chi connectivity index (χ2n) is 4.08. The number of benzene rings is 1. The van der Waals surface area contributed by atoms with Crippen LogP contribution >= 0.6 is 11.6 Å². The zero-order valence-electron chi connectivity index (χ0n) is 9.85. The molecule has 0 spiro atoms. The van der Waals surface area contributed by atoms with Gasteiger partial charge in [0.25, 0.3) is 5.91 Å². The van der Waals surface area contributed by atoms with Gasteiger partial charge in [-0.25, -0.2) is 4.98 Å². The molecule has 0 saturated carbocycles. The summed E-state index contributed by atoms with van der Waals surface area (Å²) in [5.74, 6) is -0.210. The first kappa shape index (κ1) is 11.7. The molecule has 3 aromatic rings. The lowest BCUT2D eigenvalue weighted by Crippen LogP contribution is -2.12. The van der Waals surface area contributed by atoms with Crippen LogP contribution in [-0.4, -0.2) is 15.9 Å². The van der Waals surface area contributed by atoms with E-state index in [9.17, 15) is 4.79 Å². The number of H-pyrrole nitrogens is 1. The number of hydrogen-bond donors (Lipinski definition) is 2. The molecule has 0 aliphatic rings. The summed E-state index contributed by atoms with van der Waals surface area (Å²) in [6, 6.07) is 10.8. The minimum Gasteiger partial charge on any atom is -0.361 e. The summed E-state index contributed by atoms with van der Waals surface area (Å²) in [5, 5.41) is 4.01. The third-order valence-electron chi connectivity index (χ3n) is 2.82. The lowest BCUT2D eigenvalue weighted by Gasteiger charge is -2.06. The smallest absolute Gasteiger partial charge is 0.255 e. The van der Waals surface area contributed by atoms with Gasteiger partial charge in [-0.2, -0.15) is 0 Å². The molecule has 0 radical (unpaired) electrons. The summed E-state index contributed by atoms with van der Waals surface area (Å²) >= 11 is 5.90. The number of aromatic amines is 1. The first-order valence-corrected chi connectivity index (χ1v) is 6.11. The summed E-state index contributed by atoms with van der Waals surface area (Å²) in [7, 11) is 0. The van der Waals surface area contributed by atoms with Crippen LogP contribution in [0.5, 0.6) is 0 Å². The van der Waals surface area contributed by atoms with Crippen molar-refractivity contribution in [3.8, 4) is 0 Å². The van der Waals surface area contributed by atoms with Gasteiger partial charge < -0.3 is 10.3 Å². The van der Waals surface area contributed by atoms with Crippen LogP contribution in [0.1, 0.15) is 10.4 Å². The lowest BCUT2D eigenvalue weighted by atomic mass is 10.1. The molecule has 0 saturated heterocycles. The van der Waals surface area contributed by atoms with Gasteiger partial charge in [-0.15, -0.1) is 0 Å². The van der Waals surface area contributed by atoms with Gasteiger partial charge in [-0.05, 0) is 36.4 Å². The van der Waals surface area contributed by atoms with Gasteiger partial charge in [0.1, 0.15) is 0 Å². The minimum absolute atomic E-state index is 0.210. The summed E-state index contributed by atoms with van der Waals surface area (Å²) in [6.45, 7) is 0. The molecule has 0 atom stereocenters. The van der Waals surface area contributed by atoms with E-state index in [0.717, 1.165) is 10.9 Å². The number of amides is 1. The number of carbonyl (C=O) groups excluding carboxylic acids is 1. The predicted molar refractivity (Wildman–Crippen MR) is 75.5 cm³/mol. The molecule has 1 amide bonds. The van der Waals surface area contributed by atoms with Crippen molar-refractivity contribution in [2.45, 2.75) is 0 Å². The van der Waals surface area contributed by atoms with Crippen LogP contribution in [0, 0.1) is 0 Å². The molecule has 19 heavy (non-hydrogen) atoms. The highest BCUT2D eigenvalue weighted by Crippen LogP contribution is 2.20. The molecular weight excluding hydrogens is 262 g/mol. The van der Waals surface area contributed by atoms with Crippen LogP contribution < -0.4 is 5.32 Å². The van der Waals surface area contributed by atoms with Crippen LogP contribution in [0.25, 0.3) is 10.9 Å². The highest BCUT2D eigenvalue weighted by atomic mass is 35.5. The number of hydrogen-bond acceptors (Lipinski definition) is 2. The summed E-state index contributed by atoms with van der Waals surface area (Å²) in [5.41, 5.74) is 2.08. The Balaban J connectivity index is 1.89. The highest BCUT2D eigenvalue weighted by Gasteiger charge is 2.09. The number of aromatic nitrogens is 2. The second kappa shape index (κ2) is 4.74. The van der Waals surface area contributed by atoms with Gasteiger partial charge in [-0.1, -0.05) is 11.6 Å². The molecule has 0 aliphatic carbocycles. The van der Waals surface area contributed by atoms with Crippen molar-refractivity contribution in [2.24, 2.45) is 0 Å². The van der Waals surface area contributed by atoms with Crippen molar-refractivity contribution in [1.29, 1.82) is 0 Å². The van der Waals surface area contributed by atoms with Gasteiger partial charge in [0.05, 0.1) is 5.69 Å². The van der Waals surface area contributed by atoms with Crippen molar-refractivity contribution in [2.75, 3.05) is 5.32 Å². The number of rotatable bonds is 2. The van der Waals surface area contributed by atoms with Crippen LogP contribution in [0.15, 0.2) is 48.8 Å². The van der Waals surface area contributed by atoms with E-state index in [1.807, 2.05) is 24.4 Å². The van der Waals surface area contributed by atoms with Crippen LogP contribution in [0.4, 0.5) is 5.69 Å². The minimum atomic E-state index is -0.210. The van der Waals surface area contributed by atoms with E-state index >= 15 is 0 Å². The van der Waals surface area contributed by atoms with Gasteiger partial charge in [-0.3, -0.25) is 4.79 Å². The van der Waals surface area contributed by atoms with Crippen molar-refractivity contribution in [3.05, 3.63) is 59.5 Å². The van der Waals surface area contributed by atoms with E-state index in [2.05, 4.69) is 15.3 Å². The molecule has 1 aromatic carbocycles. The van der Waals surface area contributed by atoms with E-state index in [1.54, 1.807) is 24.4 Å². The number of nitrogens with one attached hydrogen (secondary N) is 2. The number of halogens is 1. The maximum atomic E-state index is 12.1. The van der Waals surface area contributed by atoms with Gasteiger partial charge in [0.15, 0.2) is 5.15 Å². The van der Waals surface area contributed by atoms with E-state index < -0.39 is 0 Å². The topological polar surface area (TPSA) is 57.8 Å². The Kier molecular flexibility index (Phi) is 2.93. The number of carbonyl (C=O) groups is 1. The monoisotopic (exact) mass is 271 g/mol. The lowest BCUT2D eigenvalue weighted by molar-refractivity contribution is 0.102. The molecule has 94 valence electrons. The Morgan fingerprint density at radius 2 is 2.16 bits per heavy atom. The molecule has 0 unspecified atom stereocenters. The Hall–Kier alpha value is -2.33. The molecule has 0 fully saturated rings. The van der Waals surface area contributed by atoms with Crippen molar-refractivity contribution in [3.63, 3.8) is 0 Å². The number of anilines is 1. The van der Waals surface area contributed by atoms with Crippen molar-refractivity contribution < 1.29 is 4.79 Å².